The minimum atomic E-state index is -0.506. The number of ether oxygens (including phenoxy) is 1. The van der Waals surface area contributed by atoms with Crippen molar-refractivity contribution < 1.29 is 9.13 Å². The molecule has 0 fully saturated rings. The maximum atomic E-state index is 13.3. The topological polar surface area (TPSA) is 59.0 Å². The monoisotopic (exact) mass is 192 g/mol. The number of nitrogens with two attached hydrogens (primary N) is 1. The number of hydrogen-bond donors (Lipinski definition) is 1. The second-order valence-corrected chi connectivity index (χ2v) is 2.57. The summed E-state index contributed by atoms with van der Waals surface area (Å²) in [6.07, 6.45) is 1.09. The van der Waals surface area contributed by atoms with E-state index in [1.54, 1.807) is 12.1 Å². The van der Waals surface area contributed by atoms with Gasteiger partial charge < -0.3 is 10.5 Å². The van der Waals surface area contributed by atoms with Crippen LogP contribution in [0.2, 0.25) is 0 Å². The van der Waals surface area contributed by atoms with E-state index in [9.17, 15) is 4.39 Å². The largest absolute Gasteiger partial charge is 0.497 e. The Balaban J connectivity index is 3.13. The van der Waals surface area contributed by atoms with Gasteiger partial charge in [-0.1, -0.05) is 0 Å². The highest BCUT2D eigenvalue weighted by atomic mass is 19.1. The lowest BCUT2D eigenvalue weighted by atomic mass is 10.1. The molecule has 4 heteroatoms. The van der Waals surface area contributed by atoms with Crippen molar-refractivity contribution in [3.63, 3.8) is 0 Å². The minimum absolute atomic E-state index is 0.104. The van der Waals surface area contributed by atoms with E-state index in [0.717, 1.165) is 6.08 Å². The summed E-state index contributed by atoms with van der Waals surface area (Å²) in [4.78, 5) is 0. The molecule has 0 saturated heterocycles. The Morgan fingerprint density at radius 2 is 2.36 bits per heavy atom. The molecule has 0 atom stereocenters. The maximum absolute atomic E-state index is 13.3. The molecule has 3 nitrogen and oxygen atoms in total. The molecular formula is C10H9FN2O. The van der Waals surface area contributed by atoms with Gasteiger partial charge in [0.2, 0.25) is 0 Å². The molecule has 1 aromatic rings. The first-order valence-electron chi connectivity index (χ1n) is 3.88. The second kappa shape index (κ2) is 4.28. The van der Waals surface area contributed by atoms with Crippen LogP contribution >= 0.6 is 0 Å². The first-order valence-corrected chi connectivity index (χ1v) is 3.88. The van der Waals surface area contributed by atoms with Gasteiger partial charge >= 0.3 is 0 Å². The van der Waals surface area contributed by atoms with Gasteiger partial charge in [-0.15, -0.1) is 0 Å². The third kappa shape index (κ3) is 2.02. The highest BCUT2D eigenvalue weighted by Gasteiger charge is 2.05. The van der Waals surface area contributed by atoms with Crippen molar-refractivity contribution in [2.24, 2.45) is 5.73 Å². The fraction of sp³-hybridized carbons (Fsp3) is 0.100. The molecule has 14 heavy (non-hydrogen) atoms. The van der Waals surface area contributed by atoms with Gasteiger partial charge in [-0.2, -0.15) is 5.26 Å². The van der Waals surface area contributed by atoms with Crippen molar-refractivity contribution in [3.8, 4) is 11.8 Å². The molecule has 0 aromatic heterocycles. The number of hydrogen-bond acceptors (Lipinski definition) is 3. The SMILES string of the molecule is COc1ccc(/C(N)=C/C#N)c(F)c1. The van der Waals surface area contributed by atoms with Gasteiger partial charge in [-0.3, -0.25) is 0 Å². The Bertz CT molecular complexity index is 407. The van der Waals surface area contributed by atoms with Gasteiger partial charge in [0.05, 0.1) is 18.9 Å². The van der Waals surface area contributed by atoms with Crippen LogP contribution < -0.4 is 10.5 Å². The first-order chi connectivity index (χ1) is 6.69. The lowest BCUT2D eigenvalue weighted by Crippen LogP contribution is -1.99. The summed E-state index contributed by atoms with van der Waals surface area (Å²) in [5, 5.41) is 8.34. The second-order valence-electron chi connectivity index (χ2n) is 2.57. The molecule has 0 radical (unpaired) electrons. The van der Waals surface area contributed by atoms with Crippen LogP contribution in [0.3, 0.4) is 0 Å². The van der Waals surface area contributed by atoms with Crippen LogP contribution in [0, 0.1) is 17.1 Å². The third-order valence-electron chi connectivity index (χ3n) is 1.71. The van der Waals surface area contributed by atoms with Crippen molar-refractivity contribution in [2.75, 3.05) is 7.11 Å². The lowest BCUT2D eigenvalue weighted by molar-refractivity contribution is 0.411. The minimum Gasteiger partial charge on any atom is -0.497 e. The summed E-state index contributed by atoms with van der Waals surface area (Å²) in [5.74, 6) is -0.0932. The molecule has 0 amide bonds. The molecule has 1 aromatic carbocycles. The highest BCUT2D eigenvalue weighted by molar-refractivity contribution is 5.65. The van der Waals surface area contributed by atoms with E-state index < -0.39 is 5.82 Å². The van der Waals surface area contributed by atoms with E-state index in [0.29, 0.717) is 5.75 Å². The summed E-state index contributed by atoms with van der Waals surface area (Å²) < 4.78 is 18.1. The Hall–Kier alpha value is -2.02. The quantitative estimate of drug-likeness (QED) is 0.725. The molecule has 0 aliphatic heterocycles. The van der Waals surface area contributed by atoms with Crippen LogP contribution in [-0.4, -0.2) is 7.11 Å². The third-order valence-corrected chi connectivity index (χ3v) is 1.71. The molecule has 0 aliphatic carbocycles. The van der Waals surface area contributed by atoms with Gasteiger partial charge in [-0.25, -0.2) is 4.39 Å². The summed E-state index contributed by atoms with van der Waals surface area (Å²) in [6.45, 7) is 0. The molecule has 0 spiro atoms. The Morgan fingerprint density at radius 3 is 2.86 bits per heavy atom. The zero-order valence-corrected chi connectivity index (χ0v) is 7.62. The van der Waals surface area contributed by atoms with Crippen molar-refractivity contribution in [1.82, 2.24) is 0 Å². The van der Waals surface area contributed by atoms with Crippen LogP contribution in [-0.2, 0) is 0 Å². The summed E-state index contributed by atoms with van der Waals surface area (Å²) in [6, 6.07) is 6.00. The summed E-state index contributed by atoms with van der Waals surface area (Å²) in [5.41, 5.74) is 5.76. The van der Waals surface area contributed by atoms with Crippen LogP contribution in [0.1, 0.15) is 5.56 Å². The van der Waals surface area contributed by atoms with Crippen LogP contribution in [0.15, 0.2) is 24.3 Å². The molecule has 2 N–H and O–H groups in total. The number of rotatable bonds is 2. The molecule has 0 unspecified atom stereocenters. The molecule has 0 aliphatic rings. The number of nitrogens with zero attached hydrogens (tertiary/aromatic N) is 1. The number of halogens is 1. The fourth-order valence-corrected chi connectivity index (χ4v) is 1.00. The van der Waals surface area contributed by atoms with E-state index in [1.807, 2.05) is 0 Å². The van der Waals surface area contributed by atoms with Gasteiger partial charge in [0.15, 0.2) is 0 Å². The van der Waals surface area contributed by atoms with Crippen molar-refractivity contribution in [1.29, 1.82) is 5.26 Å². The van der Waals surface area contributed by atoms with Gasteiger partial charge in [0.1, 0.15) is 11.6 Å². The molecule has 0 bridgehead atoms. The number of allylic oxidation sites excluding steroid dienone is 1. The Kier molecular flexibility index (Phi) is 3.08. The molecular weight excluding hydrogens is 183 g/mol. The molecule has 72 valence electrons. The highest BCUT2D eigenvalue weighted by Crippen LogP contribution is 2.19. The van der Waals surface area contributed by atoms with Crippen LogP contribution in [0.4, 0.5) is 4.39 Å². The van der Waals surface area contributed by atoms with Crippen molar-refractivity contribution in [2.45, 2.75) is 0 Å². The molecule has 0 saturated carbocycles. The number of benzene rings is 1. The smallest absolute Gasteiger partial charge is 0.136 e. The van der Waals surface area contributed by atoms with Crippen molar-refractivity contribution >= 4 is 5.70 Å². The maximum Gasteiger partial charge on any atom is 0.136 e. The molecule has 1 rings (SSSR count). The predicted octanol–water partition coefficient (Wildman–Crippen LogP) is 1.66. The average Bonchev–Trinajstić information content (AvgIpc) is 2.17. The van der Waals surface area contributed by atoms with Gasteiger partial charge in [-0.05, 0) is 12.1 Å². The number of methoxy groups -OCH3 is 1. The standard InChI is InChI=1S/C10H9FN2O/c1-14-7-2-3-8(9(11)6-7)10(13)4-5-12/h2-4,6H,13H2,1H3/b10-4-. The average molecular weight is 192 g/mol. The zero-order valence-electron chi connectivity index (χ0n) is 7.62. The van der Waals surface area contributed by atoms with E-state index in [2.05, 4.69) is 0 Å². The predicted molar refractivity (Wildman–Crippen MR) is 50.7 cm³/mol. The van der Waals surface area contributed by atoms with Crippen LogP contribution in [0.25, 0.3) is 5.70 Å². The Morgan fingerprint density at radius 1 is 1.64 bits per heavy atom. The normalized spacial score (nSPS) is 10.8. The summed E-state index contributed by atoms with van der Waals surface area (Å²) in [7, 11) is 1.45. The molecule has 0 heterocycles. The Labute approximate surface area is 81.2 Å². The van der Waals surface area contributed by atoms with E-state index in [4.69, 9.17) is 15.7 Å². The van der Waals surface area contributed by atoms with E-state index >= 15 is 0 Å². The van der Waals surface area contributed by atoms with E-state index in [1.165, 1.54) is 19.2 Å². The van der Waals surface area contributed by atoms with Gasteiger partial charge in [0, 0.05) is 17.7 Å². The fourth-order valence-electron chi connectivity index (χ4n) is 1.00. The van der Waals surface area contributed by atoms with Crippen molar-refractivity contribution in [3.05, 3.63) is 35.7 Å². The van der Waals surface area contributed by atoms with E-state index in [-0.39, 0.29) is 11.3 Å². The zero-order chi connectivity index (χ0) is 10.6. The lowest BCUT2D eigenvalue weighted by Gasteiger charge is -2.04. The number of nitriles is 1. The van der Waals surface area contributed by atoms with Gasteiger partial charge in [0.25, 0.3) is 0 Å². The summed E-state index contributed by atoms with van der Waals surface area (Å²) >= 11 is 0. The van der Waals surface area contributed by atoms with Crippen LogP contribution in [0.5, 0.6) is 5.75 Å². The first kappa shape index (κ1) is 10.1.